The van der Waals surface area contributed by atoms with Crippen LogP contribution in [0.2, 0.25) is 5.02 Å². The molecule has 0 aromatic heterocycles. The fourth-order valence-corrected chi connectivity index (χ4v) is 2.78. The normalized spacial score (nSPS) is 16.9. The summed E-state index contributed by atoms with van der Waals surface area (Å²) >= 11 is 5.97. The fraction of sp³-hybridized carbons (Fsp3) is 0.294. The van der Waals surface area contributed by atoms with Gasteiger partial charge in [-0.05, 0) is 44.5 Å². The highest BCUT2D eigenvalue weighted by Crippen LogP contribution is 2.33. The number of methoxy groups -OCH3 is 1. The molecule has 116 valence electrons. The topological polar surface area (TPSA) is 46.6 Å². The molecule has 1 amide bonds. The van der Waals surface area contributed by atoms with E-state index in [2.05, 4.69) is 0 Å². The zero-order valence-electron chi connectivity index (χ0n) is 13.0. The Morgan fingerprint density at radius 1 is 1.36 bits per heavy atom. The van der Waals surface area contributed by atoms with Crippen LogP contribution in [-0.2, 0) is 14.3 Å². The Hall–Kier alpha value is -2.07. The van der Waals surface area contributed by atoms with Crippen LogP contribution in [0, 0.1) is 0 Å². The van der Waals surface area contributed by atoms with Crippen molar-refractivity contribution in [2.24, 2.45) is 0 Å². The minimum Gasteiger partial charge on any atom is -0.465 e. The van der Waals surface area contributed by atoms with Gasteiger partial charge in [-0.15, -0.1) is 0 Å². The Morgan fingerprint density at radius 2 is 2.05 bits per heavy atom. The van der Waals surface area contributed by atoms with Crippen LogP contribution in [0.4, 0.5) is 0 Å². The summed E-state index contributed by atoms with van der Waals surface area (Å²) in [5, 5.41) is 0.570. The number of esters is 1. The Kier molecular flexibility index (Phi) is 4.71. The Balaban J connectivity index is 2.57. The van der Waals surface area contributed by atoms with Crippen molar-refractivity contribution in [1.82, 2.24) is 4.90 Å². The quantitative estimate of drug-likeness (QED) is 0.633. The van der Waals surface area contributed by atoms with Gasteiger partial charge in [-0.1, -0.05) is 23.7 Å². The highest BCUT2D eigenvalue weighted by atomic mass is 35.5. The third-order valence-electron chi connectivity index (χ3n) is 3.51. The molecule has 0 saturated carbocycles. The van der Waals surface area contributed by atoms with E-state index in [-0.39, 0.29) is 11.9 Å². The van der Waals surface area contributed by atoms with Crippen molar-refractivity contribution >= 4 is 29.6 Å². The zero-order chi connectivity index (χ0) is 16.4. The molecule has 5 heteroatoms. The van der Waals surface area contributed by atoms with Gasteiger partial charge in [0.1, 0.15) is 0 Å². The molecule has 0 unspecified atom stereocenters. The van der Waals surface area contributed by atoms with Gasteiger partial charge in [-0.3, -0.25) is 4.79 Å². The van der Waals surface area contributed by atoms with Gasteiger partial charge >= 0.3 is 5.97 Å². The minimum atomic E-state index is -0.512. The number of carbonyl (C=O) groups is 2. The summed E-state index contributed by atoms with van der Waals surface area (Å²) in [5.41, 5.74) is 2.01. The van der Waals surface area contributed by atoms with Crippen LogP contribution in [0.1, 0.15) is 26.3 Å². The number of ether oxygens (including phenoxy) is 1. The van der Waals surface area contributed by atoms with Crippen molar-refractivity contribution in [2.45, 2.75) is 26.8 Å². The number of allylic oxidation sites excluding steroid dienone is 1. The van der Waals surface area contributed by atoms with E-state index in [0.29, 0.717) is 21.9 Å². The summed E-state index contributed by atoms with van der Waals surface area (Å²) < 4.78 is 4.83. The molecule has 0 saturated heterocycles. The van der Waals surface area contributed by atoms with Crippen LogP contribution in [0.15, 0.2) is 41.1 Å². The van der Waals surface area contributed by atoms with E-state index >= 15 is 0 Å². The second-order valence-electron chi connectivity index (χ2n) is 5.33. The van der Waals surface area contributed by atoms with Gasteiger partial charge in [0.15, 0.2) is 0 Å². The first-order chi connectivity index (χ1) is 10.4. The lowest BCUT2D eigenvalue weighted by atomic mass is 10.0. The molecule has 0 fully saturated rings. The third-order valence-corrected chi connectivity index (χ3v) is 3.74. The molecule has 0 aliphatic carbocycles. The van der Waals surface area contributed by atoms with E-state index in [0.717, 1.165) is 5.56 Å². The molecule has 0 bridgehead atoms. The maximum Gasteiger partial charge on any atom is 0.340 e. The van der Waals surface area contributed by atoms with Crippen molar-refractivity contribution in [3.63, 3.8) is 0 Å². The van der Waals surface area contributed by atoms with Crippen LogP contribution in [0.25, 0.3) is 6.08 Å². The molecule has 1 aromatic carbocycles. The van der Waals surface area contributed by atoms with Gasteiger partial charge in [0.2, 0.25) is 0 Å². The number of nitrogens with zero attached hydrogens (tertiary/aromatic N) is 1. The van der Waals surface area contributed by atoms with Crippen molar-refractivity contribution in [2.75, 3.05) is 7.11 Å². The molecule has 4 nitrogen and oxygen atoms in total. The standard InChI is InChI=1S/C17H18ClNO3/c1-10(2)19-11(3)15(17(21)22-4)14(16(19)20)9-12-6-5-7-13(18)8-12/h5-10H,1-4H3/b14-9-. The third kappa shape index (κ3) is 2.92. The number of benzene rings is 1. The zero-order valence-corrected chi connectivity index (χ0v) is 13.8. The molecule has 1 heterocycles. The number of rotatable bonds is 3. The van der Waals surface area contributed by atoms with Crippen LogP contribution in [-0.4, -0.2) is 29.9 Å². The first-order valence-corrected chi connectivity index (χ1v) is 7.35. The number of amides is 1. The lowest BCUT2D eigenvalue weighted by molar-refractivity contribution is -0.136. The average molecular weight is 320 g/mol. The SMILES string of the molecule is COC(=O)C1=C(C)N(C(C)C)C(=O)/C1=C\c1cccc(Cl)c1. The molecule has 0 atom stereocenters. The first-order valence-electron chi connectivity index (χ1n) is 6.97. The van der Waals surface area contributed by atoms with Crippen molar-refractivity contribution < 1.29 is 14.3 Å². The molecular weight excluding hydrogens is 302 g/mol. The van der Waals surface area contributed by atoms with Crippen LogP contribution in [0.5, 0.6) is 0 Å². The fourth-order valence-electron chi connectivity index (χ4n) is 2.58. The predicted octanol–water partition coefficient (Wildman–Crippen LogP) is 3.42. The largest absolute Gasteiger partial charge is 0.465 e. The smallest absolute Gasteiger partial charge is 0.340 e. The van der Waals surface area contributed by atoms with Crippen molar-refractivity contribution in [3.05, 3.63) is 51.7 Å². The van der Waals surface area contributed by atoms with E-state index in [4.69, 9.17) is 16.3 Å². The van der Waals surface area contributed by atoms with Gasteiger partial charge in [-0.25, -0.2) is 4.79 Å². The van der Waals surface area contributed by atoms with Gasteiger partial charge in [-0.2, -0.15) is 0 Å². The summed E-state index contributed by atoms with van der Waals surface area (Å²) in [6.45, 7) is 5.56. The number of hydrogen-bond acceptors (Lipinski definition) is 3. The van der Waals surface area contributed by atoms with Gasteiger partial charge < -0.3 is 9.64 Å². The summed E-state index contributed by atoms with van der Waals surface area (Å²) in [7, 11) is 1.31. The van der Waals surface area contributed by atoms with E-state index in [1.807, 2.05) is 19.9 Å². The van der Waals surface area contributed by atoms with Crippen LogP contribution in [0.3, 0.4) is 0 Å². The van der Waals surface area contributed by atoms with Crippen molar-refractivity contribution in [1.29, 1.82) is 0 Å². The highest BCUT2D eigenvalue weighted by Gasteiger charge is 2.38. The Labute approximate surface area is 135 Å². The molecule has 1 aliphatic heterocycles. The van der Waals surface area contributed by atoms with Crippen LogP contribution < -0.4 is 0 Å². The highest BCUT2D eigenvalue weighted by molar-refractivity contribution is 6.30. The van der Waals surface area contributed by atoms with E-state index in [9.17, 15) is 9.59 Å². The molecule has 22 heavy (non-hydrogen) atoms. The summed E-state index contributed by atoms with van der Waals surface area (Å²) in [6.07, 6.45) is 1.67. The second-order valence-corrected chi connectivity index (χ2v) is 5.77. The van der Waals surface area contributed by atoms with Crippen LogP contribution >= 0.6 is 11.6 Å². The van der Waals surface area contributed by atoms with Gasteiger partial charge in [0.25, 0.3) is 5.91 Å². The lowest BCUT2D eigenvalue weighted by Gasteiger charge is -2.22. The van der Waals surface area contributed by atoms with Gasteiger partial charge in [0.05, 0.1) is 18.3 Å². The monoisotopic (exact) mass is 319 g/mol. The van der Waals surface area contributed by atoms with E-state index in [1.54, 1.807) is 36.1 Å². The summed E-state index contributed by atoms with van der Waals surface area (Å²) in [5.74, 6) is -0.713. The average Bonchev–Trinajstić information content (AvgIpc) is 2.69. The molecule has 2 rings (SSSR count). The molecule has 1 aromatic rings. The maximum atomic E-state index is 12.7. The number of hydrogen-bond donors (Lipinski definition) is 0. The van der Waals surface area contributed by atoms with E-state index in [1.165, 1.54) is 7.11 Å². The minimum absolute atomic E-state index is 0.0441. The Bertz CT molecular complexity index is 689. The predicted molar refractivity (Wildman–Crippen MR) is 86.1 cm³/mol. The molecule has 0 radical (unpaired) electrons. The summed E-state index contributed by atoms with van der Waals surface area (Å²) in [6, 6.07) is 7.07. The molecular formula is C17H18ClNO3. The number of halogens is 1. The lowest BCUT2D eigenvalue weighted by Crippen LogP contribution is -2.31. The number of carbonyl (C=O) groups excluding carboxylic acids is 2. The maximum absolute atomic E-state index is 12.7. The van der Waals surface area contributed by atoms with Crippen molar-refractivity contribution in [3.8, 4) is 0 Å². The van der Waals surface area contributed by atoms with Gasteiger partial charge in [0, 0.05) is 16.8 Å². The molecule has 0 spiro atoms. The second kappa shape index (κ2) is 6.36. The molecule has 1 aliphatic rings. The molecule has 0 N–H and O–H groups in total. The first kappa shape index (κ1) is 16.3. The summed E-state index contributed by atoms with van der Waals surface area (Å²) in [4.78, 5) is 26.3. The Morgan fingerprint density at radius 3 is 2.59 bits per heavy atom. The van der Waals surface area contributed by atoms with E-state index < -0.39 is 5.97 Å².